The molecule has 1 N–H and O–H groups in total. The second-order valence-electron chi connectivity index (χ2n) is 5.96. The van der Waals surface area contributed by atoms with Gasteiger partial charge in [-0.3, -0.25) is 9.59 Å². The molecule has 0 aromatic heterocycles. The van der Waals surface area contributed by atoms with E-state index in [-0.39, 0.29) is 24.3 Å². The summed E-state index contributed by atoms with van der Waals surface area (Å²) in [5, 5.41) is 9.32. The van der Waals surface area contributed by atoms with Crippen LogP contribution in [0.2, 0.25) is 0 Å². The van der Waals surface area contributed by atoms with E-state index in [1.165, 1.54) is 0 Å². The first kappa shape index (κ1) is 16.0. The van der Waals surface area contributed by atoms with Crippen LogP contribution in [0.3, 0.4) is 0 Å². The molecule has 0 aromatic carbocycles. The Morgan fingerprint density at radius 3 is 2.53 bits per heavy atom. The summed E-state index contributed by atoms with van der Waals surface area (Å²) in [4.78, 5) is 25.1. The molecule has 1 saturated heterocycles. The molecule has 1 aliphatic rings. The number of hydrogen-bond acceptors (Lipinski definition) is 3. The standard InChI is InChI=1S/C14H25NO4/c1-10(2)14(3,13(17)18)8-12(16)15(4)9-11-6-5-7-19-11/h10-11H,5-9H2,1-4H3,(H,17,18). The lowest BCUT2D eigenvalue weighted by Gasteiger charge is -2.31. The van der Waals surface area contributed by atoms with Gasteiger partial charge in [-0.1, -0.05) is 13.8 Å². The van der Waals surface area contributed by atoms with Crippen LogP contribution in [0.4, 0.5) is 0 Å². The number of carboxylic acid groups (broad SMARTS) is 1. The van der Waals surface area contributed by atoms with Crippen LogP contribution in [-0.4, -0.2) is 48.2 Å². The molecule has 0 aliphatic carbocycles. The van der Waals surface area contributed by atoms with Gasteiger partial charge in [-0.25, -0.2) is 0 Å². The molecule has 2 atom stereocenters. The number of ether oxygens (including phenoxy) is 1. The number of nitrogens with zero attached hydrogens (tertiary/aromatic N) is 1. The second-order valence-corrected chi connectivity index (χ2v) is 5.96. The third kappa shape index (κ3) is 3.93. The van der Waals surface area contributed by atoms with Crippen molar-refractivity contribution in [1.29, 1.82) is 0 Å². The zero-order valence-corrected chi connectivity index (χ0v) is 12.3. The molecule has 1 heterocycles. The number of aliphatic carboxylic acids is 1. The van der Waals surface area contributed by atoms with E-state index in [0.717, 1.165) is 19.4 Å². The fraction of sp³-hybridized carbons (Fsp3) is 0.857. The summed E-state index contributed by atoms with van der Waals surface area (Å²) in [5.41, 5.74) is -1.01. The van der Waals surface area contributed by atoms with Gasteiger partial charge in [-0.15, -0.1) is 0 Å². The fourth-order valence-corrected chi connectivity index (χ4v) is 2.17. The Balaban J connectivity index is 2.58. The first-order valence-corrected chi connectivity index (χ1v) is 6.86. The average Bonchev–Trinajstić information content (AvgIpc) is 2.80. The molecule has 1 amide bonds. The molecule has 0 bridgehead atoms. The Kier molecular flexibility index (Phi) is 5.35. The van der Waals surface area contributed by atoms with Gasteiger partial charge < -0.3 is 14.7 Å². The van der Waals surface area contributed by atoms with Crippen molar-refractivity contribution < 1.29 is 19.4 Å². The van der Waals surface area contributed by atoms with E-state index in [4.69, 9.17) is 4.74 Å². The first-order chi connectivity index (χ1) is 8.77. The lowest BCUT2D eigenvalue weighted by molar-refractivity contribution is -0.155. The lowest BCUT2D eigenvalue weighted by Crippen LogP contribution is -2.41. The van der Waals surface area contributed by atoms with Gasteiger partial charge in [0.05, 0.1) is 11.5 Å². The number of carbonyl (C=O) groups is 2. The SMILES string of the molecule is CC(C)C(C)(CC(=O)N(C)CC1CCCO1)C(=O)O. The van der Waals surface area contributed by atoms with Gasteiger partial charge in [0.1, 0.15) is 0 Å². The van der Waals surface area contributed by atoms with Crippen LogP contribution in [0.1, 0.15) is 40.0 Å². The van der Waals surface area contributed by atoms with Crippen LogP contribution in [0.25, 0.3) is 0 Å². The van der Waals surface area contributed by atoms with E-state index >= 15 is 0 Å². The van der Waals surface area contributed by atoms with Crippen LogP contribution in [-0.2, 0) is 14.3 Å². The van der Waals surface area contributed by atoms with Crippen molar-refractivity contribution in [2.24, 2.45) is 11.3 Å². The van der Waals surface area contributed by atoms with Crippen molar-refractivity contribution >= 4 is 11.9 Å². The molecule has 19 heavy (non-hydrogen) atoms. The number of likely N-dealkylation sites (N-methyl/N-ethyl adjacent to an activating group) is 1. The number of carbonyl (C=O) groups excluding carboxylic acids is 1. The van der Waals surface area contributed by atoms with E-state index in [9.17, 15) is 14.7 Å². The largest absolute Gasteiger partial charge is 0.481 e. The number of rotatable bonds is 6. The van der Waals surface area contributed by atoms with Gasteiger partial charge >= 0.3 is 5.97 Å². The van der Waals surface area contributed by atoms with Crippen molar-refractivity contribution in [3.63, 3.8) is 0 Å². The van der Waals surface area contributed by atoms with Gasteiger partial charge in [-0.05, 0) is 25.7 Å². The maximum atomic E-state index is 12.2. The Morgan fingerprint density at radius 2 is 2.11 bits per heavy atom. The molecule has 110 valence electrons. The summed E-state index contributed by atoms with van der Waals surface area (Å²) in [6.45, 7) is 6.61. The second kappa shape index (κ2) is 6.37. The molecule has 2 unspecified atom stereocenters. The van der Waals surface area contributed by atoms with Gasteiger partial charge in [0, 0.05) is 26.6 Å². The quantitative estimate of drug-likeness (QED) is 0.799. The van der Waals surface area contributed by atoms with Gasteiger partial charge in [0.15, 0.2) is 0 Å². The van der Waals surface area contributed by atoms with Crippen LogP contribution >= 0.6 is 0 Å². The van der Waals surface area contributed by atoms with Crippen molar-refractivity contribution in [2.75, 3.05) is 20.2 Å². The highest BCUT2D eigenvalue weighted by Crippen LogP contribution is 2.32. The van der Waals surface area contributed by atoms with E-state index < -0.39 is 11.4 Å². The van der Waals surface area contributed by atoms with E-state index in [1.54, 1.807) is 18.9 Å². The van der Waals surface area contributed by atoms with Crippen LogP contribution in [0.15, 0.2) is 0 Å². The molecular formula is C14H25NO4. The predicted molar refractivity (Wildman–Crippen MR) is 71.8 cm³/mol. The third-order valence-electron chi connectivity index (χ3n) is 4.21. The highest BCUT2D eigenvalue weighted by Gasteiger charge is 2.39. The molecule has 1 fully saturated rings. The summed E-state index contributed by atoms with van der Waals surface area (Å²) in [7, 11) is 1.71. The summed E-state index contributed by atoms with van der Waals surface area (Å²) in [6, 6.07) is 0. The molecule has 1 rings (SSSR count). The van der Waals surface area contributed by atoms with Crippen molar-refractivity contribution in [3.8, 4) is 0 Å². The molecule has 0 saturated carbocycles. The molecule has 0 aromatic rings. The predicted octanol–water partition coefficient (Wildman–Crippen LogP) is 1.76. The summed E-state index contributed by atoms with van der Waals surface area (Å²) >= 11 is 0. The van der Waals surface area contributed by atoms with E-state index in [1.807, 2.05) is 13.8 Å². The van der Waals surface area contributed by atoms with Crippen molar-refractivity contribution in [3.05, 3.63) is 0 Å². The minimum Gasteiger partial charge on any atom is -0.481 e. The maximum absolute atomic E-state index is 12.2. The molecular weight excluding hydrogens is 246 g/mol. The smallest absolute Gasteiger partial charge is 0.310 e. The Bertz CT molecular complexity index is 336. The fourth-order valence-electron chi connectivity index (χ4n) is 2.17. The molecule has 0 radical (unpaired) electrons. The molecule has 5 nitrogen and oxygen atoms in total. The van der Waals surface area contributed by atoms with E-state index in [0.29, 0.717) is 6.54 Å². The van der Waals surface area contributed by atoms with Gasteiger partial charge in [-0.2, -0.15) is 0 Å². The first-order valence-electron chi connectivity index (χ1n) is 6.86. The number of amides is 1. The maximum Gasteiger partial charge on any atom is 0.310 e. The normalized spacial score (nSPS) is 22.3. The zero-order valence-electron chi connectivity index (χ0n) is 12.3. The monoisotopic (exact) mass is 271 g/mol. The minimum absolute atomic E-state index is 0.0310. The summed E-state index contributed by atoms with van der Waals surface area (Å²) < 4.78 is 5.49. The molecule has 0 spiro atoms. The Labute approximate surface area is 114 Å². The Morgan fingerprint density at radius 1 is 1.47 bits per heavy atom. The molecule has 5 heteroatoms. The van der Waals surface area contributed by atoms with Crippen LogP contribution in [0.5, 0.6) is 0 Å². The highest BCUT2D eigenvalue weighted by molar-refractivity contribution is 5.84. The molecule has 1 aliphatic heterocycles. The zero-order chi connectivity index (χ0) is 14.6. The number of hydrogen-bond donors (Lipinski definition) is 1. The van der Waals surface area contributed by atoms with E-state index in [2.05, 4.69) is 0 Å². The Hall–Kier alpha value is -1.10. The van der Waals surface area contributed by atoms with Gasteiger partial charge in [0.2, 0.25) is 5.91 Å². The van der Waals surface area contributed by atoms with Crippen LogP contribution < -0.4 is 0 Å². The summed E-state index contributed by atoms with van der Waals surface area (Å²) in [5.74, 6) is -1.14. The summed E-state index contributed by atoms with van der Waals surface area (Å²) in [6.07, 6.45) is 2.14. The van der Waals surface area contributed by atoms with Gasteiger partial charge in [0.25, 0.3) is 0 Å². The van der Waals surface area contributed by atoms with Crippen molar-refractivity contribution in [2.45, 2.75) is 46.1 Å². The highest BCUT2D eigenvalue weighted by atomic mass is 16.5. The van der Waals surface area contributed by atoms with Crippen molar-refractivity contribution in [1.82, 2.24) is 4.90 Å². The minimum atomic E-state index is -1.01. The third-order valence-corrected chi connectivity index (χ3v) is 4.21. The topological polar surface area (TPSA) is 66.8 Å². The average molecular weight is 271 g/mol. The van der Waals surface area contributed by atoms with Crippen LogP contribution in [0, 0.1) is 11.3 Å². The lowest BCUT2D eigenvalue weighted by atomic mass is 9.76. The number of carboxylic acids is 1.